The Morgan fingerprint density at radius 2 is 2.00 bits per heavy atom. The van der Waals surface area contributed by atoms with Crippen molar-refractivity contribution in [3.05, 3.63) is 12.4 Å². The molecule has 0 spiro atoms. The summed E-state index contributed by atoms with van der Waals surface area (Å²) in [5.74, 6) is 0.410. The summed E-state index contributed by atoms with van der Waals surface area (Å²) in [5, 5.41) is 2.77. The van der Waals surface area contributed by atoms with Gasteiger partial charge >= 0.3 is 0 Å². The Morgan fingerprint density at radius 3 is 2.71 bits per heavy atom. The van der Waals surface area contributed by atoms with Crippen LogP contribution in [-0.4, -0.2) is 55.5 Å². The highest BCUT2D eigenvalue weighted by atomic mass is 32.2. The van der Waals surface area contributed by atoms with Gasteiger partial charge < -0.3 is 10.2 Å². The van der Waals surface area contributed by atoms with Gasteiger partial charge in [-0.2, -0.15) is 0 Å². The lowest BCUT2D eigenvalue weighted by Crippen LogP contribution is -2.47. The first kappa shape index (κ1) is 14.7. The van der Waals surface area contributed by atoms with Crippen LogP contribution in [0.1, 0.15) is 25.7 Å². The number of sulfonamides is 1. The first-order valence-electron chi connectivity index (χ1n) is 7.34. The maximum atomic E-state index is 12.4. The van der Waals surface area contributed by atoms with Gasteiger partial charge in [-0.1, -0.05) is 0 Å². The van der Waals surface area contributed by atoms with Gasteiger partial charge in [-0.15, -0.1) is 0 Å². The molecule has 2 fully saturated rings. The number of nitrogens with zero attached hydrogens (tertiary/aromatic N) is 3. The van der Waals surface area contributed by atoms with Crippen molar-refractivity contribution in [2.45, 2.75) is 42.7 Å². The Labute approximate surface area is 125 Å². The molecule has 0 bridgehead atoms. The molecule has 7 nitrogen and oxygen atoms in total. The highest BCUT2D eigenvalue weighted by Gasteiger charge is 2.33. The van der Waals surface area contributed by atoms with Crippen molar-refractivity contribution < 1.29 is 8.42 Å². The van der Waals surface area contributed by atoms with Crippen LogP contribution in [0.4, 0.5) is 5.95 Å². The quantitative estimate of drug-likeness (QED) is 0.838. The summed E-state index contributed by atoms with van der Waals surface area (Å²) in [4.78, 5) is 10.5. The number of rotatable bonds is 4. The van der Waals surface area contributed by atoms with Gasteiger partial charge in [0.1, 0.15) is 4.90 Å². The lowest BCUT2D eigenvalue weighted by molar-refractivity contribution is 0.176. The van der Waals surface area contributed by atoms with Crippen LogP contribution in [-0.2, 0) is 10.0 Å². The molecule has 2 aliphatic heterocycles. The van der Waals surface area contributed by atoms with Gasteiger partial charge in [0.25, 0.3) is 0 Å². The second-order valence-corrected chi connectivity index (χ2v) is 7.38. The molecule has 8 heteroatoms. The van der Waals surface area contributed by atoms with Crippen molar-refractivity contribution in [1.82, 2.24) is 19.6 Å². The lowest BCUT2D eigenvalue weighted by Gasteiger charge is -2.34. The first-order valence-corrected chi connectivity index (χ1v) is 8.83. The third kappa shape index (κ3) is 3.17. The van der Waals surface area contributed by atoms with Crippen LogP contribution >= 0.6 is 0 Å². The maximum Gasteiger partial charge on any atom is 0.243 e. The zero-order chi connectivity index (χ0) is 14.9. The largest absolute Gasteiger partial charge is 0.357 e. The van der Waals surface area contributed by atoms with E-state index in [1.165, 1.54) is 25.2 Å². The molecule has 1 aromatic rings. The van der Waals surface area contributed by atoms with E-state index in [1.54, 1.807) is 7.05 Å². The summed E-state index contributed by atoms with van der Waals surface area (Å²) in [7, 11) is -1.84. The predicted octanol–water partition coefficient (Wildman–Crippen LogP) is 0.423. The number of aromatic nitrogens is 2. The third-order valence-corrected chi connectivity index (χ3v) is 5.78. The minimum atomic E-state index is -3.53. The Kier molecular flexibility index (Phi) is 4.10. The van der Waals surface area contributed by atoms with Gasteiger partial charge in [-0.05, 0) is 38.8 Å². The van der Waals surface area contributed by atoms with E-state index in [9.17, 15) is 8.42 Å². The van der Waals surface area contributed by atoms with Crippen molar-refractivity contribution in [3.8, 4) is 0 Å². The molecule has 2 atom stereocenters. The first-order chi connectivity index (χ1) is 10.1. The molecule has 3 rings (SSSR count). The molecule has 0 radical (unpaired) electrons. The van der Waals surface area contributed by atoms with Crippen LogP contribution in [0, 0.1) is 0 Å². The van der Waals surface area contributed by atoms with Crippen molar-refractivity contribution in [2.75, 3.05) is 25.5 Å². The number of piperidine rings is 1. The smallest absolute Gasteiger partial charge is 0.243 e. The molecule has 0 amide bonds. The molecule has 116 valence electrons. The third-order valence-electron chi connectivity index (χ3n) is 4.30. The Bertz CT molecular complexity index is 589. The second-order valence-electron chi connectivity index (χ2n) is 5.67. The van der Waals surface area contributed by atoms with Crippen LogP contribution in [0.3, 0.4) is 0 Å². The van der Waals surface area contributed by atoms with Crippen LogP contribution in [0.25, 0.3) is 0 Å². The zero-order valence-corrected chi connectivity index (χ0v) is 12.9. The molecule has 0 aliphatic carbocycles. The van der Waals surface area contributed by atoms with Gasteiger partial charge in [-0.25, -0.2) is 23.1 Å². The van der Waals surface area contributed by atoms with Crippen LogP contribution in [0.15, 0.2) is 17.3 Å². The highest BCUT2D eigenvalue weighted by Crippen LogP contribution is 2.27. The molecular weight excluding hydrogens is 290 g/mol. The van der Waals surface area contributed by atoms with E-state index in [0.29, 0.717) is 12.0 Å². The standard InChI is InChI=1S/C13H21N5O2S/c1-14-13-15-8-12(9-16-13)21(19,20)17-10-4-6-18-5-2-3-11(18)7-10/h8-11,17H,2-7H2,1H3,(H,14,15,16). The van der Waals surface area contributed by atoms with Crippen molar-refractivity contribution in [2.24, 2.45) is 0 Å². The highest BCUT2D eigenvalue weighted by molar-refractivity contribution is 7.89. The SMILES string of the molecule is CNc1ncc(S(=O)(=O)NC2CCN3CCCC3C2)cn1. The summed E-state index contributed by atoms with van der Waals surface area (Å²) in [5.41, 5.74) is 0. The Morgan fingerprint density at radius 1 is 1.24 bits per heavy atom. The van der Waals surface area contributed by atoms with E-state index in [1.807, 2.05) is 0 Å². The van der Waals surface area contributed by atoms with Crippen molar-refractivity contribution in [1.29, 1.82) is 0 Å². The van der Waals surface area contributed by atoms with E-state index in [2.05, 4.69) is 24.9 Å². The molecule has 2 N–H and O–H groups in total. The fourth-order valence-corrected chi connectivity index (χ4v) is 4.37. The molecule has 0 saturated carbocycles. The summed E-state index contributed by atoms with van der Waals surface area (Å²) in [6, 6.07) is 0.549. The monoisotopic (exact) mass is 311 g/mol. The number of nitrogens with one attached hydrogen (secondary N) is 2. The number of hydrogen-bond acceptors (Lipinski definition) is 6. The van der Waals surface area contributed by atoms with Crippen LogP contribution < -0.4 is 10.0 Å². The average Bonchev–Trinajstić information content (AvgIpc) is 2.94. The molecule has 2 saturated heterocycles. The summed E-state index contributed by atoms with van der Waals surface area (Å²) in [6.07, 6.45) is 6.85. The minimum Gasteiger partial charge on any atom is -0.357 e. The summed E-state index contributed by atoms with van der Waals surface area (Å²) < 4.78 is 27.5. The Hall–Kier alpha value is -1.25. The summed E-state index contributed by atoms with van der Waals surface area (Å²) in [6.45, 7) is 2.14. The van der Waals surface area contributed by atoms with Crippen LogP contribution in [0.2, 0.25) is 0 Å². The van der Waals surface area contributed by atoms with Crippen LogP contribution in [0.5, 0.6) is 0 Å². The number of fused-ring (bicyclic) bond motifs is 1. The van der Waals surface area contributed by atoms with Gasteiger partial charge in [0.15, 0.2) is 0 Å². The van der Waals surface area contributed by atoms with Crippen molar-refractivity contribution in [3.63, 3.8) is 0 Å². The fraction of sp³-hybridized carbons (Fsp3) is 0.692. The average molecular weight is 311 g/mol. The molecule has 1 aromatic heterocycles. The minimum absolute atomic E-state index is 0.0123. The lowest BCUT2D eigenvalue weighted by atomic mass is 9.99. The topological polar surface area (TPSA) is 87.2 Å². The van der Waals surface area contributed by atoms with E-state index in [-0.39, 0.29) is 10.9 Å². The molecular formula is C13H21N5O2S. The molecule has 3 heterocycles. The van der Waals surface area contributed by atoms with E-state index in [4.69, 9.17) is 0 Å². The molecule has 2 aliphatic rings. The van der Waals surface area contributed by atoms with E-state index < -0.39 is 10.0 Å². The van der Waals surface area contributed by atoms with Gasteiger partial charge in [0.2, 0.25) is 16.0 Å². The molecule has 21 heavy (non-hydrogen) atoms. The molecule has 2 unspecified atom stereocenters. The van der Waals surface area contributed by atoms with E-state index >= 15 is 0 Å². The summed E-state index contributed by atoms with van der Waals surface area (Å²) >= 11 is 0. The van der Waals surface area contributed by atoms with Gasteiger partial charge in [0, 0.05) is 19.1 Å². The zero-order valence-electron chi connectivity index (χ0n) is 12.1. The van der Waals surface area contributed by atoms with Gasteiger partial charge in [0.05, 0.1) is 12.4 Å². The van der Waals surface area contributed by atoms with Gasteiger partial charge in [-0.3, -0.25) is 0 Å². The predicted molar refractivity (Wildman–Crippen MR) is 79.5 cm³/mol. The maximum absolute atomic E-state index is 12.4. The molecule has 0 aromatic carbocycles. The van der Waals surface area contributed by atoms with Crippen molar-refractivity contribution >= 4 is 16.0 Å². The second kappa shape index (κ2) is 5.86. The Balaban J connectivity index is 1.67. The normalized spacial score (nSPS) is 26.5. The fourth-order valence-electron chi connectivity index (χ4n) is 3.20. The number of hydrogen-bond donors (Lipinski definition) is 2. The number of anilines is 1. The van der Waals surface area contributed by atoms with E-state index in [0.717, 1.165) is 25.9 Å².